The van der Waals surface area contributed by atoms with Gasteiger partial charge in [0, 0.05) is 25.0 Å². The molecule has 1 aliphatic rings. The van der Waals surface area contributed by atoms with Crippen LogP contribution in [0, 0.1) is 6.92 Å². The van der Waals surface area contributed by atoms with Gasteiger partial charge in [-0.3, -0.25) is 4.98 Å². The van der Waals surface area contributed by atoms with Crippen LogP contribution in [0.4, 0.5) is 4.79 Å². The highest BCUT2D eigenvalue weighted by molar-refractivity contribution is 7.91. The van der Waals surface area contributed by atoms with E-state index in [0.717, 1.165) is 12.8 Å². The second kappa shape index (κ2) is 7.04. The molecule has 8 heteroatoms. The molecule has 134 valence electrons. The number of carbonyl (C=O) groups excluding carboxylic acids is 1. The highest BCUT2D eigenvalue weighted by atomic mass is 32.2. The Labute approximate surface area is 143 Å². The maximum atomic E-state index is 12.7. The molecule has 0 aromatic carbocycles. The summed E-state index contributed by atoms with van der Waals surface area (Å²) in [6.07, 6.45) is 4.74. The van der Waals surface area contributed by atoms with Crippen molar-refractivity contribution >= 4 is 15.9 Å². The van der Waals surface area contributed by atoms with Crippen molar-refractivity contribution in [1.29, 1.82) is 0 Å². The highest BCUT2D eigenvalue weighted by Gasteiger charge is 2.34. The summed E-state index contributed by atoms with van der Waals surface area (Å²) in [5.41, 5.74) is -0.239. The fourth-order valence-corrected chi connectivity index (χ4v) is 4.50. The van der Waals surface area contributed by atoms with Crippen LogP contribution in [0.2, 0.25) is 0 Å². The fraction of sp³-hybridized carbons (Fsp3) is 0.688. The molecule has 0 saturated carbocycles. The largest absolute Gasteiger partial charge is 0.444 e. The van der Waals surface area contributed by atoms with Crippen molar-refractivity contribution in [1.82, 2.24) is 14.9 Å². The van der Waals surface area contributed by atoms with Gasteiger partial charge in [-0.1, -0.05) is 0 Å². The van der Waals surface area contributed by atoms with E-state index in [0.29, 0.717) is 18.7 Å². The molecule has 1 amide bonds. The van der Waals surface area contributed by atoms with E-state index >= 15 is 0 Å². The number of hydrogen-bond donors (Lipinski definition) is 0. The summed E-state index contributed by atoms with van der Waals surface area (Å²) in [5, 5.41) is -0.0142. The SMILES string of the molecule is Cc1nccnc1S(=O)(=O)C[C@@H]1CCCCN1C(=O)OC(C)(C)C. The predicted molar refractivity (Wildman–Crippen MR) is 89.4 cm³/mol. The van der Waals surface area contributed by atoms with Crippen molar-refractivity contribution in [3.8, 4) is 0 Å². The number of likely N-dealkylation sites (tertiary alicyclic amines) is 1. The zero-order valence-corrected chi connectivity index (χ0v) is 15.5. The topological polar surface area (TPSA) is 89.5 Å². The average Bonchev–Trinajstić information content (AvgIpc) is 2.45. The summed E-state index contributed by atoms with van der Waals surface area (Å²) in [6.45, 7) is 7.51. The van der Waals surface area contributed by atoms with E-state index in [1.165, 1.54) is 17.3 Å². The van der Waals surface area contributed by atoms with Crippen molar-refractivity contribution in [2.75, 3.05) is 12.3 Å². The summed E-state index contributed by atoms with van der Waals surface area (Å²) in [4.78, 5) is 21.9. The van der Waals surface area contributed by atoms with Crippen LogP contribution in [0.15, 0.2) is 17.4 Å². The lowest BCUT2D eigenvalue weighted by Crippen LogP contribution is -2.49. The summed E-state index contributed by atoms with van der Waals surface area (Å²) in [5.74, 6) is -0.161. The smallest absolute Gasteiger partial charge is 0.410 e. The Kier molecular flexibility index (Phi) is 5.47. The maximum Gasteiger partial charge on any atom is 0.410 e. The molecule has 0 aliphatic carbocycles. The number of nitrogens with zero attached hydrogens (tertiary/aromatic N) is 3. The summed E-state index contributed by atoms with van der Waals surface area (Å²) in [7, 11) is -3.62. The van der Waals surface area contributed by atoms with Gasteiger partial charge in [0.05, 0.1) is 11.4 Å². The molecule has 2 rings (SSSR count). The zero-order valence-electron chi connectivity index (χ0n) is 14.7. The van der Waals surface area contributed by atoms with Gasteiger partial charge in [-0.2, -0.15) is 0 Å². The minimum Gasteiger partial charge on any atom is -0.444 e. The van der Waals surface area contributed by atoms with Crippen LogP contribution in [0.25, 0.3) is 0 Å². The second-order valence-electron chi connectivity index (χ2n) is 7.05. The predicted octanol–water partition coefficient (Wildman–Crippen LogP) is 2.35. The second-order valence-corrected chi connectivity index (χ2v) is 9.00. The molecule has 1 fully saturated rings. The van der Waals surface area contributed by atoms with Gasteiger partial charge in [0.2, 0.25) is 0 Å². The van der Waals surface area contributed by atoms with E-state index in [1.807, 2.05) is 0 Å². The zero-order chi connectivity index (χ0) is 18.0. The Bertz CT molecular complexity index is 698. The average molecular weight is 355 g/mol. The van der Waals surface area contributed by atoms with Crippen LogP contribution < -0.4 is 0 Å². The third-order valence-corrected chi connectivity index (χ3v) is 5.61. The molecule has 0 radical (unpaired) electrons. The van der Waals surface area contributed by atoms with Gasteiger partial charge < -0.3 is 9.64 Å². The van der Waals surface area contributed by atoms with Crippen LogP contribution in [-0.2, 0) is 14.6 Å². The molecule has 2 heterocycles. The highest BCUT2D eigenvalue weighted by Crippen LogP contribution is 2.23. The quantitative estimate of drug-likeness (QED) is 0.827. The van der Waals surface area contributed by atoms with Crippen LogP contribution in [0.5, 0.6) is 0 Å². The number of rotatable bonds is 3. The van der Waals surface area contributed by atoms with Gasteiger partial charge in [0.1, 0.15) is 5.60 Å². The van der Waals surface area contributed by atoms with E-state index in [-0.39, 0.29) is 10.8 Å². The molecular weight excluding hydrogens is 330 g/mol. The van der Waals surface area contributed by atoms with Crippen molar-refractivity contribution in [3.63, 3.8) is 0 Å². The molecule has 1 atom stereocenters. The van der Waals surface area contributed by atoms with Crippen molar-refractivity contribution in [2.45, 2.75) is 63.6 Å². The first-order valence-corrected chi connectivity index (χ1v) is 9.75. The molecule has 24 heavy (non-hydrogen) atoms. The minimum atomic E-state index is -3.62. The van der Waals surface area contributed by atoms with Gasteiger partial charge in [0.25, 0.3) is 0 Å². The lowest BCUT2D eigenvalue weighted by Gasteiger charge is -2.36. The summed E-state index contributed by atoms with van der Waals surface area (Å²) >= 11 is 0. The number of carbonyl (C=O) groups is 1. The van der Waals surface area contributed by atoms with Crippen molar-refractivity contribution < 1.29 is 17.9 Å². The number of amides is 1. The van der Waals surface area contributed by atoms with Crippen LogP contribution in [0.1, 0.15) is 45.7 Å². The molecule has 1 aromatic heterocycles. The number of sulfone groups is 1. The van der Waals surface area contributed by atoms with Gasteiger partial charge in [-0.15, -0.1) is 0 Å². The van der Waals surface area contributed by atoms with E-state index in [1.54, 1.807) is 27.7 Å². The van der Waals surface area contributed by atoms with E-state index < -0.39 is 27.6 Å². The monoisotopic (exact) mass is 355 g/mol. The molecule has 0 spiro atoms. The molecule has 0 bridgehead atoms. The Morgan fingerprint density at radius 2 is 1.96 bits per heavy atom. The summed E-state index contributed by atoms with van der Waals surface area (Å²) < 4.78 is 30.8. The third-order valence-electron chi connectivity index (χ3n) is 3.80. The number of aryl methyl sites for hydroxylation is 1. The molecule has 1 aromatic rings. The Balaban J connectivity index is 2.19. The number of aromatic nitrogens is 2. The van der Waals surface area contributed by atoms with E-state index in [2.05, 4.69) is 9.97 Å². The first-order chi connectivity index (χ1) is 11.1. The van der Waals surface area contributed by atoms with E-state index in [9.17, 15) is 13.2 Å². The van der Waals surface area contributed by atoms with Crippen LogP contribution >= 0.6 is 0 Å². The molecule has 0 N–H and O–H groups in total. The Hall–Kier alpha value is -1.70. The number of ether oxygens (including phenoxy) is 1. The lowest BCUT2D eigenvalue weighted by atomic mass is 10.0. The van der Waals surface area contributed by atoms with Crippen molar-refractivity contribution in [2.24, 2.45) is 0 Å². The molecule has 1 saturated heterocycles. The summed E-state index contributed by atoms with van der Waals surface area (Å²) in [6, 6.07) is -0.403. The minimum absolute atomic E-state index is 0.0142. The number of hydrogen-bond acceptors (Lipinski definition) is 6. The molecule has 1 aliphatic heterocycles. The standard InChI is InChI=1S/C16H25N3O4S/c1-12-14(18-9-8-17-12)24(21,22)11-13-7-5-6-10-19(13)15(20)23-16(2,3)4/h8-9,13H,5-7,10-11H2,1-4H3/t13-/m0/s1. The fourth-order valence-electron chi connectivity index (χ4n) is 2.77. The first kappa shape index (κ1) is 18.6. The van der Waals surface area contributed by atoms with Gasteiger partial charge in [0.15, 0.2) is 14.9 Å². The van der Waals surface area contributed by atoms with E-state index in [4.69, 9.17) is 4.74 Å². The van der Waals surface area contributed by atoms with Gasteiger partial charge in [-0.25, -0.2) is 18.2 Å². The van der Waals surface area contributed by atoms with Gasteiger partial charge in [-0.05, 0) is 47.0 Å². The Morgan fingerprint density at radius 3 is 2.58 bits per heavy atom. The lowest BCUT2D eigenvalue weighted by molar-refractivity contribution is 0.0124. The normalized spacial score (nSPS) is 19.2. The molecule has 7 nitrogen and oxygen atoms in total. The Morgan fingerprint density at radius 1 is 1.29 bits per heavy atom. The molecular formula is C16H25N3O4S. The van der Waals surface area contributed by atoms with Gasteiger partial charge >= 0.3 is 6.09 Å². The maximum absolute atomic E-state index is 12.7. The number of piperidine rings is 1. The first-order valence-electron chi connectivity index (χ1n) is 8.10. The van der Waals surface area contributed by atoms with Crippen molar-refractivity contribution in [3.05, 3.63) is 18.1 Å². The van der Waals surface area contributed by atoms with Crippen LogP contribution in [0.3, 0.4) is 0 Å². The third kappa shape index (κ3) is 4.66. The molecule has 0 unspecified atom stereocenters. The van der Waals surface area contributed by atoms with Crippen LogP contribution in [-0.4, -0.2) is 53.3 Å².